The van der Waals surface area contributed by atoms with Crippen LogP contribution in [0.2, 0.25) is 0 Å². The van der Waals surface area contributed by atoms with Crippen molar-refractivity contribution in [3.8, 4) is 5.75 Å². The van der Waals surface area contributed by atoms with Gasteiger partial charge in [-0.1, -0.05) is 0 Å². The number of hydrogen-bond donors (Lipinski definition) is 2. The maximum Gasteiger partial charge on any atom is 0.274 e. The maximum absolute atomic E-state index is 12.7. The number of aldehydes is 1. The number of thioether (sulfide) groups is 1. The number of carbonyl (C=O) groups excluding carboxylic acids is 2. The Hall–Kier alpha value is -3.77. The molecule has 1 amide bonds. The fourth-order valence-corrected chi connectivity index (χ4v) is 5.12. The van der Waals surface area contributed by atoms with E-state index in [0.29, 0.717) is 17.6 Å². The Morgan fingerprint density at radius 1 is 1.09 bits per heavy atom. The first-order chi connectivity index (χ1) is 16.4. The molecule has 2 unspecified atom stereocenters. The summed E-state index contributed by atoms with van der Waals surface area (Å²) >= 11 is 1.41. The van der Waals surface area contributed by atoms with Crippen LogP contribution in [0.15, 0.2) is 81.9 Å². The fraction of sp³-hybridized carbons (Fsp3) is 0.136. The van der Waals surface area contributed by atoms with Crippen molar-refractivity contribution in [3.05, 3.63) is 72.6 Å². The Balaban J connectivity index is 1.38. The highest BCUT2D eigenvalue weighted by Crippen LogP contribution is 2.28. The van der Waals surface area contributed by atoms with Gasteiger partial charge in [0.2, 0.25) is 5.95 Å². The zero-order valence-electron chi connectivity index (χ0n) is 17.6. The Bertz CT molecular complexity index is 1300. The smallest absolute Gasteiger partial charge is 0.274 e. The molecule has 0 saturated heterocycles. The van der Waals surface area contributed by atoms with Crippen LogP contribution in [0.25, 0.3) is 0 Å². The molecule has 0 aliphatic carbocycles. The molecule has 2 N–H and O–H groups in total. The number of benzene rings is 2. The van der Waals surface area contributed by atoms with Crippen molar-refractivity contribution in [2.24, 2.45) is 11.0 Å². The molecule has 2 heterocycles. The number of rotatable bonds is 8. The van der Waals surface area contributed by atoms with E-state index in [9.17, 15) is 23.1 Å². The van der Waals surface area contributed by atoms with E-state index in [2.05, 4.69) is 19.8 Å². The number of nitrogens with one attached hydrogen (secondary N) is 1. The normalized spacial score (nSPS) is 17.5. The van der Waals surface area contributed by atoms with Crippen LogP contribution in [0.3, 0.4) is 0 Å². The molecule has 10 nitrogen and oxygen atoms in total. The van der Waals surface area contributed by atoms with Gasteiger partial charge >= 0.3 is 0 Å². The third-order valence-corrected chi connectivity index (χ3v) is 7.43. The van der Waals surface area contributed by atoms with Gasteiger partial charge in [-0.2, -0.15) is 5.10 Å². The SMILES string of the molecule is O=CC1C(CSc2ccc(S(=O)(=O)Nc3ncccn3)cc2)C=NN1C(=O)c1ccc(O)cc1. The molecule has 0 spiro atoms. The summed E-state index contributed by atoms with van der Waals surface area (Å²) in [6.45, 7) is 0. The number of hydrazone groups is 1. The van der Waals surface area contributed by atoms with Gasteiger partial charge in [0.25, 0.3) is 15.9 Å². The predicted octanol–water partition coefficient (Wildman–Crippen LogP) is 2.40. The topological polar surface area (TPSA) is 142 Å². The zero-order chi connectivity index (χ0) is 24.1. The zero-order valence-corrected chi connectivity index (χ0v) is 19.2. The molecule has 0 fully saturated rings. The molecule has 4 rings (SSSR count). The van der Waals surface area contributed by atoms with Gasteiger partial charge in [0, 0.05) is 40.7 Å². The minimum atomic E-state index is -3.83. The van der Waals surface area contributed by atoms with E-state index in [0.717, 1.165) is 9.90 Å². The van der Waals surface area contributed by atoms with Crippen LogP contribution >= 0.6 is 11.8 Å². The van der Waals surface area contributed by atoms with Crippen LogP contribution in [0, 0.1) is 5.92 Å². The average molecular weight is 498 g/mol. The second-order valence-electron chi connectivity index (χ2n) is 7.21. The summed E-state index contributed by atoms with van der Waals surface area (Å²) in [6.07, 6.45) is 5.11. The van der Waals surface area contributed by atoms with Gasteiger partial charge in [0.1, 0.15) is 18.1 Å². The molecule has 0 radical (unpaired) electrons. The highest BCUT2D eigenvalue weighted by Gasteiger charge is 2.35. The fourth-order valence-electron chi connectivity index (χ4n) is 3.17. The van der Waals surface area contributed by atoms with Gasteiger partial charge in [-0.25, -0.2) is 28.1 Å². The van der Waals surface area contributed by atoms with Gasteiger partial charge in [-0.15, -0.1) is 11.8 Å². The number of sulfonamides is 1. The second-order valence-corrected chi connectivity index (χ2v) is 9.99. The molecule has 1 aliphatic rings. The van der Waals surface area contributed by atoms with Crippen molar-refractivity contribution in [1.82, 2.24) is 15.0 Å². The van der Waals surface area contributed by atoms with E-state index in [-0.39, 0.29) is 22.5 Å². The number of hydrogen-bond acceptors (Lipinski definition) is 9. The van der Waals surface area contributed by atoms with Crippen LogP contribution in [0.4, 0.5) is 5.95 Å². The van der Waals surface area contributed by atoms with Crippen molar-refractivity contribution in [3.63, 3.8) is 0 Å². The summed E-state index contributed by atoms with van der Waals surface area (Å²) < 4.78 is 27.3. The third kappa shape index (κ3) is 5.24. The molecule has 0 bridgehead atoms. The molecule has 174 valence electrons. The quantitative estimate of drug-likeness (QED) is 0.357. The number of phenols is 1. The number of nitrogens with zero attached hydrogens (tertiary/aromatic N) is 4. The van der Waals surface area contributed by atoms with Crippen LogP contribution < -0.4 is 4.72 Å². The monoisotopic (exact) mass is 497 g/mol. The Labute approximate surface area is 199 Å². The third-order valence-electron chi connectivity index (χ3n) is 4.93. The van der Waals surface area contributed by atoms with Gasteiger partial charge in [0.15, 0.2) is 0 Å². The van der Waals surface area contributed by atoms with E-state index in [1.165, 1.54) is 60.6 Å². The average Bonchev–Trinajstić information content (AvgIpc) is 3.26. The van der Waals surface area contributed by atoms with Crippen LogP contribution in [-0.4, -0.2) is 58.7 Å². The Morgan fingerprint density at radius 3 is 2.41 bits per heavy atom. The number of carbonyl (C=O) groups is 2. The number of aromatic hydroxyl groups is 1. The number of aromatic nitrogens is 2. The van der Waals surface area contributed by atoms with Crippen molar-refractivity contribution < 1.29 is 23.1 Å². The first kappa shape index (κ1) is 23.4. The van der Waals surface area contributed by atoms with Crippen LogP contribution in [0.5, 0.6) is 5.75 Å². The standard InChI is InChI=1S/C22H19N5O5S2/c28-13-20-16(12-25-27(20)21(30)15-2-4-17(29)5-3-15)14-33-18-6-8-19(9-7-18)34(31,32)26-22-23-10-1-11-24-22/h1-13,16,20,29H,14H2,(H,23,24,26). The molecule has 34 heavy (non-hydrogen) atoms. The van der Waals surface area contributed by atoms with Crippen molar-refractivity contribution >= 4 is 46.1 Å². The van der Waals surface area contributed by atoms with Crippen LogP contribution in [0.1, 0.15) is 10.4 Å². The highest BCUT2D eigenvalue weighted by molar-refractivity contribution is 7.99. The largest absolute Gasteiger partial charge is 0.508 e. The Kier molecular flexibility index (Phi) is 6.89. The molecule has 3 aromatic rings. The van der Waals surface area contributed by atoms with E-state index < -0.39 is 22.0 Å². The summed E-state index contributed by atoms with van der Waals surface area (Å²) in [4.78, 5) is 33.0. The lowest BCUT2D eigenvalue weighted by molar-refractivity contribution is -0.112. The molecule has 0 saturated carbocycles. The molecular weight excluding hydrogens is 478 g/mol. The summed E-state index contributed by atoms with van der Waals surface area (Å²) in [6, 6.07) is 12.8. The number of phenolic OH excluding ortho intramolecular Hbond substituents is 1. The lowest BCUT2D eigenvalue weighted by Gasteiger charge is -2.21. The molecule has 12 heteroatoms. The van der Waals surface area contributed by atoms with Gasteiger partial charge < -0.3 is 9.90 Å². The van der Waals surface area contributed by atoms with Gasteiger partial charge in [-0.05, 0) is 54.6 Å². The molecule has 2 atom stereocenters. The van der Waals surface area contributed by atoms with E-state index >= 15 is 0 Å². The van der Waals surface area contributed by atoms with Crippen molar-refractivity contribution in [2.75, 3.05) is 10.5 Å². The number of amides is 1. The summed E-state index contributed by atoms with van der Waals surface area (Å²) in [5, 5.41) is 14.6. The summed E-state index contributed by atoms with van der Waals surface area (Å²) in [5.41, 5.74) is 0.307. The Morgan fingerprint density at radius 2 is 1.76 bits per heavy atom. The summed E-state index contributed by atoms with van der Waals surface area (Å²) in [5.74, 6) is -0.290. The molecule has 1 aliphatic heterocycles. The first-order valence-corrected chi connectivity index (χ1v) is 12.5. The highest BCUT2D eigenvalue weighted by atomic mass is 32.2. The van der Waals surface area contributed by atoms with Gasteiger partial charge in [-0.3, -0.25) is 4.79 Å². The lowest BCUT2D eigenvalue weighted by Crippen LogP contribution is -2.38. The summed E-state index contributed by atoms with van der Waals surface area (Å²) in [7, 11) is -3.83. The van der Waals surface area contributed by atoms with Crippen LogP contribution in [-0.2, 0) is 14.8 Å². The molecule has 2 aromatic carbocycles. The first-order valence-electron chi connectivity index (χ1n) is 10.0. The second kappa shape index (κ2) is 10.0. The van der Waals surface area contributed by atoms with E-state index in [4.69, 9.17) is 0 Å². The minimum Gasteiger partial charge on any atom is -0.508 e. The van der Waals surface area contributed by atoms with Crippen molar-refractivity contribution in [2.45, 2.75) is 15.8 Å². The molecule has 1 aromatic heterocycles. The maximum atomic E-state index is 12.7. The molecular formula is C22H19N5O5S2. The van der Waals surface area contributed by atoms with Gasteiger partial charge in [0.05, 0.1) is 4.90 Å². The van der Waals surface area contributed by atoms with E-state index in [1.54, 1.807) is 24.4 Å². The predicted molar refractivity (Wildman–Crippen MR) is 126 cm³/mol. The van der Waals surface area contributed by atoms with E-state index in [1.807, 2.05) is 0 Å². The minimum absolute atomic E-state index is 0.0206. The lowest BCUT2D eigenvalue weighted by atomic mass is 10.1. The number of anilines is 1. The van der Waals surface area contributed by atoms with Crippen molar-refractivity contribution in [1.29, 1.82) is 0 Å².